The van der Waals surface area contributed by atoms with Crippen molar-refractivity contribution in [3.8, 4) is 0 Å². The Balaban J connectivity index is 1.82. The number of carbonyl (C=O) groups excluding carboxylic acids is 1. The molecular formula is C18H19NO3. The van der Waals surface area contributed by atoms with Crippen molar-refractivity contribution >= 4 is 22.6 Å². The summed E-state index contributed by atoms with van der Waals surface area (Å²) in [5.41, 5.74) is -0.142. The minimum absolute atomic E-state index is 0.113. The summed E-state index contributed by atoms with van der Waals surface area (Å²) in [6, 6.07) is 13.9. The van der Waals surface area contributed by atoms with Crippen molar-refractivity contribution < 1.29 is 14.7 Å². The molecule has 0 aromatic heterocycles. The minimum Gasteiger partial charge on any atom is -0.480 e. The molecule has 3 rings (SSSR count). The first-order valence-corrected chi connectivity index (χ1v) is 7.52. The molecule has 0 aliphatic carbocycles. The first-order valence-electron chi connectivity index (χ1n) is 7.52. The number of amides is 1. The number of rotatable bonds is 3. The van der Waals surface area contributed by atoms with Gasteiger partial charge in [0.1, 0.15) is 5.54 Å². The molecule has 1 amide bonds. The van der Waals surface area contributed by atoms with E-state index in [1.807, 2.05) is 42.5 Å². The summed E-state index contributed by atoms with van der Waals surface area (Å²) in [5.74, 6) is -1.03. The van der Waals surface area contributed by atoms with E-state index in [0.717, 1.165) is 22.8 Å². The lowest BCUT2D eigenvalue weighted by Gasteiger charge is -2.31. The molecule has 1 saturated heterocycles. The number of nitrogens with zero attached hydrogens (tertiary/aromatic N) is 1. The largest absolute Gasteiger partial charge is 0.480 e. The van der Waals surface area contributed by atoms with Gasteiger partial charge in [0.2, 0.25) is 5.91 Å². The maximum atomic E-state index is 12.5. The van der Waals surface area contributed by atoms with Crippen LogP contribution in [0.15, 0.2) is 42.5 Å². The molecule has 1 fully saturated rings. The van der Waals surface area contributed by atoms with Crippen molar-refractivity contribution in [1.82, 2.24) is 4.90 Å². The summed E-state index contributed by atoms with van der Waals surface area (Å²) < 4.78 is 0. The number of carboxylic acids is 1. The fraction of sp³-hybridized carbons (Fsp3) is 0.333. The summed E-state index contributed by atoms with van der Waals surface area (Å²) in [6.45, 7) is 2.16. The van der Waals surface area contributed by atoms with Crippen molar-refractivity contribution in [2.75, 3.05) is 6.54 Å². The van der Waals surface area contributed by atoms with Gasteiger partial charge in [-0.15, -0.1) is 0 Å². The zero-order valence-corrected chi connectivity index (χ0v) is 12.6. The predicted octanol–water partition coefficient (Wildman–Crippen LogP) is 2.85. The maximum Gasteiger partial charge on any atom is 0.329 e. The molecule has 0 saturated carbocycles. The van der Waals surface area contributed by atoms with Crippen molar-refractivity contribution in [3.05, 3.63) is 48.0 Å². The van der Waals surface area contributed by atoms with Gasteiger partial charge in [-0.25, -0.2) is 4.79 Å². The van der Waals surface area contributed by atoms with Crippen LogP contribution in [0.4, 0.5) is 0 Å². The van der Waals surface area contributed by atoms with Crippen LogP contribution < -0.4 is 0 Å². The van der Waals surface area contributed by atoms with E-state index in [1.54, 1.807) is 6.92 Å². The quantitative estimate of drug-likeness (QED) is 0.947. The molecule has 0 spiro atoms. The Bertz CT molecular complexity index is 740. The first kappa shape index (κ1) is 14.6. The van der Waals surface area contributed by atoms with Gasteiger partial charge in [-0.05, 0) is 36.1 Å². The zero-order chi connectivity index (χ0) is 15.7. The van der Waals surface area contributed by atoms with Gasteiger partial charge in [0.25, 0.3) is 0 Å². The Morgan fingerprint density at radius 3 is 2.64 bits per heavy atom. The van der Waals surface area contributed by atoms with Gasteiger partial charge in [0, 0.05) is 6.54 Å². The smallest absolute Gasteiger partial charge is 0.329 e. The Morgan fingerprint density at radius 1 is 1.18 bits per heavy atom. The van der Waals surface area contributed by atoms with Crippen molar-refractivity contribution in [1.29, 1.82) is 0 Å². The summed E-state index contributed by atoms with van der Waals surface area (Å²) in [6.07, 6.45) is 1.51. The molecule has 0 bridgehead atoms. The van der Waals surface area contributed by atoms with Crippen LogP contribution in [0, 0.1) is 0 Å². The number of likely N-dealkylation sites (tertiary alicyclic amines) is 1. The van der Waals surface area contributed by atoms with Crippen LogP contribution >= 0.6 is 0 Å². The molecule has 114 valence electrons. The highest BCUT2D eigenvalue weighted by Crippen LogP contribution is 2.30. The van der Waals surface area contributed by atoms with E-state index in [0.29, 0.717) is 13.0 Å². The molecule has 4 nitrogen and oxygen atoms in total. The SMILES string of the molecule is CC1(C(=O)O)CCCN1C(=O)Cc1ccc2ccccc2c1. The molecular weight excluding hydrogens is 278 g/mol. The van der Waals surface area contributed by atoms with Crippen molar-refractivity contribution in [2.45, 2.75) is 31.7 Å². The van der Waals surface area contributed by atoms with Gasteiger partial charge in [0.15, 0.2) is 0 Å². The second-order valence-electron chi connectivity index (χ2n) is 6.09. The van der Waals surface area contributed by atoms with Crippen molar-refractivity contribution in [2.24, 2.45) is 0 Å². The van der Waals surface area contributed by atoms with E-state index >= 15 is 0 Å². The van der Waals surface area contributed by atoms with Crippen LogP contribution in [0.1, 0.15) is 25.3 Å². The van der Waals surface area contributed by atoms with E-state index in [9.17, 15) is 14.7 Å². The lowest BCUT2D eigenvalue weighted by molar-refractivity contribution is -0.155. The van der Waals surface area contributed by atoms with Crippen molar-refractivity contribution in [3.63, 3.8) is 0 Å². The Kier molecular flexibility index (Phi) is 3.61. The third kappa shape index (κ3) is 2.45. The van der Waals surface area contributed by atoms with Gasteiger partial charge in [-0.2, -0.15) is 0 Å². The fourth-order valence-corrected chi connectivity index (χ4v) is 3.20. The lowest BCUT2D eigenvalue weighted by atomic mass is 9.98. The normalized spacial score (nSPS) is 21.2. The van der Waals surface area contributed by atoms with E-state index in [4.69, 9.17) is 0 Å². The second kappa shape index (κ2) is 5.44. The fourth-order valence-electron chi connectivity index (χ4n) is 3.20. The summed E-state index contributed by atoms with van der Waals surface area (Å²) in [4.78, 5) is 25.5. The van der Waals surface area contributed by atoms with E-state index in [-0.39, 0.29) is 12.3 Å². The van der Waals surface area contributed by atoms with Gasteiger partial charge in [0.05, 0.1) is 6.42 Å². The van der Waals surface area contributed by atoms with Crippen LogP contribution in [0.5, 0.6) is 0 Å². The number of carboxylic acid groups (broad SMARTS) is 1. The van der Waals surface area contributed by atoms with Gasteiger partial charge in [-0.3, -0.25) is 4.79 Å². The Labute approximate surface area is 129 Å². The van der Waals surface area contributed by atoms with Gasteiger partial charge < -0.3 is 10.0 Å². The predicted molar refractivity (Wildman–Crippen MR) is 84.6 cm³/mol. The maximum absolute atomic E-state index is 12.5. The summed E-state index contributed by atoms with van der Waals surface area (Å²) in [7, 11) is 0. The van der Waals surface area contributed by atoms with E-state index in [2.05, 4.69) is 0 Å². The van der Waals surface area contributed by atoms with Gasteiger partial charge in [-0.1, -0.05) is 42.5 Å². The molecule has 0 radical (unpaired) electrons. The molecule has 1 heterocycles. The average Bonchev–Trinajstić information content (AvgIpc) is 2.90. The summed E-state index contributed by atoms with van der Waals surface area (Å²) >= 11 is 0. The van der Waals surface area contributed by atoms with Gasteiger partial charge >= 0.3 is 5.97 Å². The van der Waals surface area contributed by atoms with Crippen LogP contribution in [-0.4, -0.2) is 34.0 Å². The number of aliphatic carboxylic acids is 1. The monoisotopic (exact) mass is 297 g/mol. The highest BCUT2D eigenvalue weighted by atomic mass is 16.4. The number of fused-ring (bicyclic) bond motifs is 1. The molecule has 22 heavy (non-hydrogen) atoms. The Morgan fingerprint density at radius 2 is 1.91 bits per heavy atom. The average molecular weight is 297 g/mol. The topological polar surface area (TPSA) is 57.6 Å². The molecule has 1 aliphatic heterocycles. The molecule has 1 unspecified atom stereocenters. The highest BCUT2D eigenvalue weighted by Gasteiger charge is 2.45. The number of benzene rings is 2. The zero-order valence-electron chi connectivity index (χ0n) is 12.6. The standard InChI is InChI=1S/C18H19NO3/c1-18(17(21)22)9-4-10-19(18)16(20)12-13-7-8-14-5-2-3-6-15(14)11-13/h2-3,5-8,11H,4,9-10,12H2,1H3,(H,21,22). The van der Waals surface area contributed by atoms with Crippen LogP contribution in [0.25, 0.3) is 10.8 Å². The molecule has 4 heteroatoms. The number of hydrogen-bond donors (Lipinski definition) is 1. The van der Waals surface area contributed by atoms with Crippen LogP contribution in [0.2, 0.25) is 0 Å². The van der Waals surface area contributed by atoms with E-state index in [1.165, 1.54) is 4.90 Å². The minimum atomic E-state index is -1.06. The molecule has 2 aromatic rings. The highest BCUT2D eigenvalue weighted by molar-refractivity contribution is 5.89. The molecule has 2 aromatic carbocycles. The summed E-state index contributed by atoms with van der Waals surface area (Å²) in [5, 5.41) is 11.6. The second-order valence-corrected chi connectivity index (χ2v) is 6.09. The lowest BCUT2D eigenvalue weighted by Crippen LogP contribution is -2.51. The first-order chi connectivity index (χ1) is 10.5. The van der Waals surface area contributed by atoms with E-state index < -0.39 is 11.5 Å². The molecule has 1 aliphatic rings. The third-order valence-corrected chi connectivity index (χ3v) is 4.57. The van der Waals surface area contributed by atoms with Crippen LogP contribution in [0.3, 0.4) is 0 Å². The Hall–Kier alpha value is -2.36. The number of hydrogen-bond acceptors (Lipinski definition) is 2. The number of carbonyl (C=O) groups is 2. The molecule has 1 N–H and O–H groups in total. The van der Waals surface area contributed by atoms with Crippen LogP contribution in [-0.2, 0) is 16.0 Å². The molecule has 1 atom stereocenters. The third-order valence-electron chi connectivity index (χ3n) is 4.57.